The molecule has 0 bridgehead atoms. The third-order valence-corrected chi connectivity index (χ3v) is 2.46. The van der Waals surface area contributed by atoms with Crippen LogP contribution in [-0.4, -0.2) is 18.3 Å². The Hall–Kier alpha value is -1.02. The minimum atomic E-state index is 0.0453. The van der Waals surface area contributed by atoms with E-state index in [4.69, 9.17) is 16.3 Å². The molecule has 1 aromatic carbocycles. The van der Waals surface area contributed by atoms with Crippen LogP contribution in [-0.2, 0) is 11.2 Å². The highest BCUT2D eigenvalue weighted by atomic mass is 35.5. The van der Waals surface area contributed by atoms with Crippen LogP contribution in [0.2, 0.25) is 0 Å². The van der Waals surface area contributed by atoms with Crippen molar-refractivity contribution in [3.05, 3.63) is 29.3 Å². The maximum absolute atomic E-state index is 11.2. The van der Waals surface area contributed by atoms with E-state index in [1.807, 2.05) is 32.0 Å². The molecule has 0 aromatic heterocycles. The molecule has 3 heteroatoms. The average molecular weight is 227 g/mol. The Labute approximate surface area is 95.2 Å². The van der Waals surface area contributed by atoms with Crippen molar-refractivity contribution >= 4 is 17.4 Å². The predicted molar refractivity (Wildman–Crippen MR) is 61.8 cm³/mol. The monoisotopic (exact) mass is 226 g/mol. The minimum Gasteiger partial charge on any atom is -0.494 e. The first-order chi connectivity index (χ1) is 7.17. The Balaban J connectivity index is 2.78. The number of hydrogen-bond donors (Lipinski definition) is 0. The first-order valence-corrected chi connectivity index (χ1v) is 5.50. The Morgan fingerprint density at radius 2 is 2.20 bits per heavy atom. The van der Waals surface area contributed by atoms with Crippen molar-refractivity contribution in [2.24, 2.45) is 0 Å². The van der Waals surface area contributed by atoms with Gasteiger partial charge in [-0.2, -0.15) is 0 Å². The summed E-state index contributed by atoms with van der Waals surface area (Å²) in [6.07, 6.45) is 0.405. The summed E-state index contributed by atoms with van der Waals surface area (Å²) in [5.74, 6) is 0.966. The van der Waals surface area contributed by atoms with Gasteiger partial charge in [-0.15, -0.1) is 11.6 Å². The fraction of sp³-hybridized carbons (Fsp3) is 0.417. The van der Waals surface area contributed by atoms with Crippen LogP contribution >= 0.6 is 11.6 Å². The lowest BCUT2D eigenvalue weighted by molar-refractivity contribution is -0.116. The van der Waals surface area contributed by atoms with Gasteiger partial charge in [-0.05, 0) is 37.1 Å². The number of benzene rings is 1. The molecule has 0 saturated carbocycles. The van der Waals surface area contributed by atoms with Crippen molar-refractivity contribution in [1.29, 1.82) is 0 Å². The molecule has 1 aromatic rings. The summed E-state index contributed by atoms with van der Waals surface area (Å²) in [6.45, 7) is 4.57. The fourth-order valence-corrected chi connectivity index (χ4v) is 1.48. The molecule has 15 heavy (non-hydrogen) atoms. The Morgan fingerprint density at radius 3 is 2.73 bits per heavy atom. The van der Waals surface area contributed by atoms with Gasteiger partial charge in [0.15, 0.2) is 5.78 Å². The molecule has 0 amide bonds. The smallest absolute Gasteiger partial charge is 0.151 e. The van der Waals surface area contributed by atoms with Crippen molar-refractivity contribution in [1.82, 2.24) is 0 Å². The summed E-state index contributed by atoms with van der Waals surface area (Å²) in [4.78, 5) is 11.2. The number of hydrogen-bond acceptors (Lipinski definition) is 2. The molecule has 0 radical (unpaired) electrons. The van der Waals surface area contributed by atoms with E-state index in [0.29, 0.717) is 13.0 Å². The van der Waals surface area contributed by atoms with Gasteiger partial charge in [-0.25, -0.2) is 0 Å². The number of rotatable bonds is 5. The van der Waals surface area contributed by atoms with E-state index < -0.39 is 0 Å². The number of Topliss-reactive ketones (excluding diaryl/α,β-unsaturated/α-hetero) is 1. The second kappa shape index (κ2) is 5.76. The van der Waals surface area contributed by atoms with Crippen LogP contribution in [0.25, 0.3) is 0 Å². The zero-order valence-electron chi connectivity index (χ0n) is 9.05. The van der Waals surface area contributed by atoms with Gasteiger partial charge in [0.25, 0.3) is 0 Å². The summed E-state index contributed by atoms with van der Waals surface area (Å²) in [6, 6.07) is 5.75. The van der Waals surface area contributed by atoms with Crippen LogP contribution in [0, 0.1) is 6.92 Å². The zero-order chi connectivity index (χ0) is 11.3. The predicted octanol–water partition coefficient (Wildman–Crippen LogP) is 2.74. The second-order valence-electron chi connectivity index (χ2n) is 3.37. The quantitative estimate of drug-likeness (QED) is 0.722. The van der Waals surface area contributed by atoms with E-state index in [-0.39, 0.29) is 11.7 Å². The highest BCUT2D eigenvalue weighted by Crippen LogP contribution is 2.17. The summed E-state index contributed by atoms with van der Waals surface area (Å²) in [5, 5.41) is 0. The molecule has 0 heterocycles. The molecule has 0 fully saturated rings. The van der Waals surface area contributed by atoms with Crippen molar-refractivity contribution < 1.29 is 9.53 Å². The van der Waals surface area contributed by atoms with Crippen LogP contribution in [0.3, 0.4) is 0 Å². The molecule has 0 aliphatic carbocycles. The number of ketones is 1. The summed E-state index contributed by atoms with van der Waals surface area (Å²) in [5.41, 5.74) is 2.09. The number of alkyl halides is 1. The van der Waals surface area contributed by atoms with E-state index in [1.54, 1.807) is 0 Å². The number of carbonyl (C=O) groups is 1. The van der Waals surface area contributed by atoms with Gasteiger partial charge in [0, 0.05) is 6.42 Å². The van der Waals surface area contributed by atoms with Gasteiger partial charge < -0.3 is 4.74 Å². The molecule has 0 aliphatic heterocycles. The fourth-order valence-electron chi connectivity index (χ4n) is 1.38. The van der Waals surface area contributed by atoms with Crippen molar-refractivity contribution in [2.45, 2.75) is 20.3 Å². The number of ether oxygens (including phenoxy) is 1. The highest BCUT2D eigenvalue weighted by molar-refractivity contribution is 6.27. The van der Waals surface area contributed by atoms with Crippen LogP contribution in [0.1, 0.15) is 18.1 Å². The normalized spacial score (nSPS) is 10.1. The first kappa shape index (κ1) is 12.1. The van der Waals surface area contributed by atoms with E-state index >= 15 is 0 Å². The second-order valence-corrected chi connectivity index (χ2v) is 3.64. The first-order valence-electron chi connectivity index (χ1n) is 4.97. The summed E-state index contributed by atoms with van der Waals surface area (Å²) < 4.78 is 5.36. The molecule has 0 saturated heterocycles. The largest absolute Gasteiger partial charge is 0.494 e. The van der Waals surface area contributed by atoms with Crippen LogP contribution in [0.15, 0.2) is 18.2 Å². The molecule has 1 rings (SSSR count). The van der Waals surface area contributed by atoms with Gasteiger partial charge in [-0.3, -0.25) is 4.79 Å². The lowest BCUT2D eigenvalue weighted by atomic mass is 10.0. The zero-order valence-corrected chi connectivity index (χ0v) is 9.80. The van der Waals surface area contributed by atoms with Gasteiger partial charge in [0.1, 0.15) is 5.75 Å². The molecule has 0 unspecified atom stereocenters. The van der Waals surface area contributed by atoms with Crippen molar-refractivity contribution in [3.8, 4) is 5.75 Å². The van der Waals surface area contributed by atoms with E-state index in [1.165, 1.54) is 0 Å². The molecular weight excluding hydrogens is 212 g/mol. The Morgan fingerprint density at radius 1 is 1.47 bits per heavy atom. The third kappa shape index (κ3) is 3.56. The number of halogens is 1. The topological polar surface area (TPSA) is 26.3 Å². The van der Waals surface area contributed by atoms with Crippen molar-refractivity contribution in [3.63, 3.8) is 0 Å². The molecule has 2 nitrogen and oxygen atoms in total. The van der Waals surface area contributed by atoms with Crippen molar-refractivity contribution in [2.75, 3.05) is 12.5 Å². The molecule has 0 atom stereocenters. The lowest BCUT2D eigenvalue weighted by Crippen LogP contribution is -2.05. The average Bonchev–Trinajstić information content (AvgIpc) is 2.22. The Kier molecular flexibility index (Phi) is 4.63. The van der Waals surface area contributed by atoms with Crippen LogP contribution < -0.4 is 4.74 Å². The van der Waals surface area contributed by atoms with E-state index in [9.17, 15) is 4.79 Å². The highest BCUT2D eigenvalue weighted by Gasteiger charge is 2.05. The molecular formula is C12H15ClO2. The molecule has 0 spiro atoms. The number of carbonyl (C=O) groups excluding carboxylic acids is 1. The van der Waals surface area contributed by atoms with Gasteiger partial charge >= 0.3 is 0 Å². The minimum absolute atomic E-state index is 0.0453. The maximum atomic E-state index is 11.2. The summed E-state index contributed by atoms with van der Waals surface area (Å²) >= 11 is 5.46. The standard InChI is InChI=1S/C12H15ClO2/c1-3-15-12-5-4-10(9(2)6-12)7-11(14)8-13/h4-6H,3,7-8H2,1-2H3. The lowest BCUT2D eigenvalue weighted by Gasteiger charge is -2.07. The van der Waals surface area contributed by atoms with E-state index in [0.717, 1.165) is 16.9 Å². The molecule has 82 valence electrons. The molecule has 0 aliphatic rings. The van der Waals surface area contributed by atoms with E-state index in [2.05, 4.69) is 0 Å². The SMILES string of the molecule is CCOc1ccc(CC(=O)CCl)c(C)c1. The third-order valence-electron chi connectivity index (χ3n) is 2.16. The van der Waals surface area contributed by atoms with Crippen LogP contribution in [0.4, 0.5) is 0 Å². The van der Waals surface area contributed by atoms with Gasteiger partial charge in [-0.1, -0.05) is 6.07 Å². The molecule has 0 N–H and O–H groups in total. The van der Waals surface area contributed by atoms with Crippen LogP contribution in [0.5, 0.6) is 5.75 Å². The Bertz CT molecular complexity index is 347. The number of aryl methyl sites for hydroxylation is 1. The maximum Gasteiger partial charge on any atom is 0.151 e. The van der Waals surface area contributed by atoms with Gasteiger partial charge in [0.2, 0.25) is 0 Å². The summed E-state index contributed by atoms with van der Waals surface area (Å²) in [7, 11) is 0. The van der Waals surface area contributed by atoms with Gasteiger partial charge in [0.05, 0.1) is 12.5 Å².